The first-order valence-electron chi connectivity index (χ1n) is 8.98. The number of rotatable bonds is 5. The van der Waals surface area contributed by atoms with Crippen molar-refractivity contribution in [3.63, 3.8) is 0 Å². The van der Waals surface area contributed by atoms with Crippen molar-refractivity contribution >= 4 is 17.7 Å². The van der Waals surface area contributed by atoms with Crippen molar-refractivity contribution in [2.75, 3.05) is 5.32 Å². The first-order valence-corrected chi connectivity index (χ1v) is 8.98. The van der Waals surface area contributed by atoms with Crippen molar-refractivity contribution in [2.45, 2.75) is 38.2 Å². The van der Waals surface area contributed by atoms with Gasteiger partial charge in [-0.2, -0.15) is 0 Å². The van der Waals surface area contributed by atoms with Crippen LogP contribution in [0.1, 0.15) is 37.3 Å². The van der Waals surface area contributed by atoms with Crippen molar-refractivity contribution in [2.24, 2.45) is 5.92 Å². The number of benzene rings is 2. The Morgan fingerprint density at radius 1 is 1.20 bits per heavy atom. The summed E-state index contributed by atoms with van der Waals surface area (Å²) in [5, 5.41) is 2.99. The van der Waals surface area contributed by atoms with Crippen LogP contribution in [0.15, 0.2) is 54.6 Å². The monoisotopic (exact) mass is 333 g/mol. The number of aryl methyl sites for hydroxylation is 1. The summed E-state index contributed by atoms with van der Waals surface area (Å²) in [5.41, 5.74) is 2.88. The van der Waals surface area contributed by atoms with Crippen LogP contribution in [0.2, 0.25) is 0 Å². The van der Waals surface area contributed by atoms with Gasteiger partial charge in [-0.1, -0.05) is 36.4 Å². The fourth-order valence-corrected chi connectivity index (χ4v) is 3.16. The average Bonchev–Trinajstić information content (AvgIpc) is 3.47. The number of hydrogen-bond acceptors (Lipinski definition) is 2. The predicted molar refractivity (Wildman–Crippen MR) is 101 cm³/mol. The third-order valence-electron chi connectivity index (χ3n) is 4.94. The third kappa shape index (κ3) is 3.76. The van der Waals surface area contributed by atoms with Crippen LogP contribution < -0.4 is 10.1 Å². The van der Waals surface area contributed by atoms with E-state index in [1.54, 1.807) is 0 Å². The van der Waals surface area contributed by atoms with Gasteiger partial charge in [-0.3, -0.25) is 4.79 Å². The minimum atomic E-state index is -0.304. The van der Waals surface area contributed by atoms with E-state index in [-0.39, 0.29) is 17.4 Å². The van der Waals surface area contributed by atoms with Gasteiger partial charge in [-0.05, 0) is 62.4 Å². The summed E-state index contributed by atoms with van der Waals surface area (Å²) in [5.74, 6) is 1.22. The molecule has 0 bridgehead atoms. The molecular weight excluding hydrogens is 310 g/mol. The summed E-state index contributed by atoms with van der Waals surface area (Å²) in [6.07, 6.45) is 8.17. The molecule has 0 spiro atoms. The maximum Gasteiger partial charge on any atom is 0.227 e. The fourth-order valence-electron chi connectivity index (χ4n) is 3.16. The van der Waals surface area contributed by atoms with E-state index in [0.29, 0.717) is 0 Å². The Hall–Kier alpha value is -2.55. The molecule has 25 heavy (non-hydrogen) atoms. The van der Waals surface area contributed by atoms with E-state index in [1.807, 2.05) is 24.3 Å². The topological polar surface area (TPSA) is 38.3 Å². The van der Waals surface area contributed by atoms with E-state index in [1.165, 1.54) is 5.56 Å². The van der Waals surface area contributed by atoms with E-state index in [9.17, 15) is 4.79 Å². The maximum absolute atomic E-state index is 11.9. The van der Waals surface area contributed by atoms with E-state index >= 15 is 0 Å². The summed E-state index contributed by atoms with van der Waals surface area (Å²) in [7, 11) is 0. The molecule has 2 aromatic rings. The molecule has 1 heterocycles. The quantitative estimate of drug-likeness (QED) is 0.851. The Labute approximate surface area is 148 Å². The molecule has 1 unspecified atom stereocenters. The highest BCUT2D eigenvalue weighted by molar-refractivity contribution is 5.94. The Bertz CT molecular complexity index is 808. The second kappa shape index (κ2) is 6.40. The van der Waals surface area contributed by atoms with E-state index in [4.69, 9.17) is 4.74 Å². The Kier molecular flexibility index (Phi) is 4.08. The zero-order chi connectivity index (χ0) is 17.3. The normalized spacial score (nSPS) is 21.3. The Balaban J connectivity index is 1.43. The summed E-state index contributed by atoms with van der Waals surface area (Å²) >= 11 is 0. The van der Waals surface area contributed by atoms with Crippen molar-refractivity contribution in [3.05, 3.63) is 65.7 Å². The van der Waals surface area contributed by atoms with E-state index < -0.39 is 0 Å². The van der Waals surface area contributed by atoms with Crippen LogP contribution in [-0.4, -0.2) is 11.5 Å². The molecule has 1 atom stereocenters. The van der Waals surface area contributed by atoms with E-state index in [0.717, 1.165) is 42.7 Å². The average molecular weight is 333 g/mol. The minimum Gasteiger partial charge on any atom is -0.483 e. The van der Waals surface area contributed by atoms with Gasteiger partial charge < -0.3 is 10.1 Å². The van der Waals surface area contributed by atoms with Crippen molar-refractivity contribution < 1.29 is 9.53 Å². The molecule has 1 amide bonds. The molecular formula is C22H23NO2. The summed E-state index contributed by atoms with van der Waals surface area (Å²) in [4.78, 5) is 11.9. The largest absolute Gasteiger partial charge is 0.483 e. The van der Waals surface area contributed by atoms with Crippen LogP contribution in [0.5, 0.6) is 5.75 Å². The molecule has 2 aliphatic rings. The molecule has 1 aliphatic heterocycles. The van der Waals surface area contributed by atoms with Crippen molar-refractivity contribution in [3.8, 4) is 5.75 Å². The number of carbonyl (C=O) groups excluding carboxylic acids is 1. The van der Waals surface area contributed by atoms with Crippen LogP contribution in [0.4, 0.5) is 5.69 Å². The number of fused-ring (bicyclic) bond motifs is 1. The lowest BCUT2D eigenvalue weighted by Gasteiger charge is -2.32. The SMILES string of the molecule is CC1(CCc2ccccc2)C=Cc2cc(NC(=O)C3CC3)ccc2O1. The fraction of sp³-hybridized carbons (Fsp3) is 0.318. The van der Waals surface area contributed by atoms with Crippen LogP contribution in [0, 0.1) is 5.92 Å². The molecule has 0 saturated heterocycles. The molecule has 1 aliphatic carbocycles. The molecule has 1 fully saturated rings. The first kappa shape index (κ1) is 15.9. The molecule has 1 N–H and O–H groups in total. The second-order valence-electron chi connectivity index (χ2n) is 7.25. The van der Waals surface area contributed by atoms with Crippen molar-refractivity contribution in [1.29, 1.82) is 0 Å². The number of nitrogens with one attached hydrogen (secondary N) is 1. The summed E-state index contributed by atoms with van der Waals surface area (Å²) in [6.45, 7) is 2.12. The first-order chi connectivity index (χ1) is 12.1. The third-order valence-corrected chi connectivity index (χ3v) is 4.94. The number of amides is 1. The van der Waals surface area contributed by atoms with Gasteiger partial charge >= 0.3 is 0 Å². The van der Waals surface area contributed by atoms with Gasteiger partial charge in [0.25, 0.3) is 0 Å². The molecule has 128 valence electrons. The highest BCUT2D eigenvalue weighted by Crippen LogP contribution is 2.36. The molecule has 0 aromatic heterocycles. The molecule has 2 aromatic carbocycles. The molecule has 3 heteroatoms. The molecule has 0 radical (unpaired) electrons. The lowest BCUT2D eigenvalue weighted by molar-refractivity contribution is -0.117. The van der Waals surface area contributed by atoms with Gasteiger partial charge in [-0.15, -0.1) is 0 Å². The molecule has 1 saturated carbocycles. The van der Waals surface area contributed by atoms with E-state index in [2.05, 4.69) is 48.7 Å². The lowest BCUT2D eigenvalue weighted by Crippen LogP contribution is -2.32. The minimum absolute atomic E-state index is 0.133. The van der Waals surface area contributed by atoms with Gasteiger partial charge in [0, 0.05) is 17.2 Å². The Morgan fingerprint density at radius 2 is 2.00 bits per heavy atom. The zero-order valence-electron chi connectivity index (χ0n) is 14.5. The Morgan fingerprint density at radius 3 is 2.76 bits per heavy atom. The standard InChI is InChI=1S/C22H23NO2/c1-22(13-11-16-5-3-2-4-6-16)14-12-18-15-19(9-10-20(18)25-22)23-21(24)17-7-8-17/h2-6,9-10,12,14-15,17H,7-8,11,13H2,1H3,(H,23,24). The molecule has 4 rings (SSSR count). The molecule has 3 nitrogen and oxygen atoms in total. The van der Waals surface area contributed by atoms with Crippen molar-refractivity contribution in [1.82, 2.24) is 0 Å². The number of anilines is 1. The van der Waals surface area contributed by atoms with Gasteiger partial charge in [0.2, 0.25) is 5.91 Å². The van der Waals surface area contributed by atoms with Gasteiger partial charge in [0.05, 0.1) is 0 Å². The van der Waals surface area contributed by atoms with Crippen LogP contribution in [0.3, 0.4) is 0 Å². The summed E-state index contributed by atoms with van der Waals surface area (Å²) < 4.78 is 6.26. The van der Waals surface area contributed by atoms with Gasteiger partial charge in [0.15, 0.2) is 0 Å². The van der Waals surface area contributed by atoms with Gasteiger partial charge in [-0.25, -0.2) is 0 Å². The maximum atomic E-state index is 11.9. The lowest BCUT2D eigenvalue weighted by atomic mass is 9.93. The number of hydrogen-bond donors (Lipinski definition) is 1. The highest BCUT2D eigenvalue weighted by atomic mass is 16.5. The summed E-state index contributed by atoms with van der Waals surface area (Å²) in [6, 6.07) is 16.4. The number of ether oxygens (including phenoxy) is 1. The van der Waals surface area contributed by atoms with Crippen LogP contribution >= 0.6 is 0 Å². The highest BCUT2D eigenvalue weighted by Gasteiger charge is 2.30. The smallest absolute Gasteiger partial charge is 0.227 e. The predicted octanol–water partition coefficient (Wildman–Crippen LogP) is 4.83. The second-order valence-corrected chi connectivity index (χ2v) is 7.25. The zero-order valence-corrected chi connectivity index (χ0v) is 14.5. The van der Waals surface area contributed by atoms with Gasteiger partial charge in [0.1, 0.15) is 11.4 Å². The number of carbonyl (C=O) groups is 1. The van der Waals surface area contributed by atoms with Crippen LogP contribution in [-0.2, 0) is 11.2 Å². The van der Waals surface area contributed by atoms with Crippen LogP contribution in [0.25, 0.3) is 6.08 Å².